The van der Waals surface area contributed by atoms with Crippen LogP contribution in [0.4, 0.5) is 0 Å². The van der Waals surface area contributed by atoms with Gasteiger partial charge in [0.25, 0.3) is 0 Å². The van der Waals surface area contributed by atoms with Crippen molar-refractivity contribution in [2.45, 2.75) is 19.4 Å². The van der Waals surface area contributed by atoms with E-state index in [0.717, 1.165) is 30.9 Å². The van der Waals surface area contributed by atoms with Crippen LogP contribution in [0, 0.1) is 0 Å². The lowest BCUT2D eigenvalue weighted by Gasteiger charge is -2.21. The number of methoxy groups -OCH3 is 1. The molecule has 5 nitrogen and oxygen atoms in total. The fourth-order valence-electron chi connectivity index (χ4n) is 1.78. The van der Waals surface area contributed by atoms with E-state index in [9.17, 15) is 0 Å². The van der Waals surface area contributed by atoms with Gasteiger partial charge in [-0.1, -0.05) is 12.1 Å². The molecular formula is C15H24N4O. The average molecular weight is 276 g/mol. The molecule has 0 aliphatic carbocycles. The Morgan fingerprint density at radius 1 is 1.55 bits per heavy atom. The third-order valence-corrected chi connectivity index (χ3v) is 2.93. The molecule has 0 saturated carbocycles. The molecule has 0 bridgehead atoms. The molecule has 1 N–H and O–H groups in total. The number of rotatable bonds is 7. The van der Waals surface area contributed by atoms with Crippen molar-refractivity contribution in [1.29, 1.82) is 0 Å². The van der Waals surface area contributed by atoms with Crippen LogP contribution < -0.4 is 10.1 Å². The van der Waals surface area contributed by atoms with E-state index in [-0.39, 0.29) is 0 Å². The molecule has 0 aromatic carbocycles. The number of aliphatic imine (C=N–C) groups is 1. The topological polar surface area (TPSA) is 49.8 Å². The van der Waals surface area contributed by atoms with Crippen LogP contribution in [0.5, 0.6) is 5.88 Å². The molecule has 0 saturated heterocycles. The number of pyridine rings is 1. The molecular weight excluding hydrogens is 252 g/mol. The number of nitrogens with zero attached hydrogens (tertiary/aromatic N) is 3. The highest BCUT2D eigenvalue weighted by molar-refractivity contribution is 5.79. The van der Waals surface area contributed by atoms with Gasteiger partial charge in [-0.2, -0.15) is 0 Å². The van der Waals surface area contributed by atoms with Gasteiger partial charge in [0.05, 0.1) is 7.11 Å². The minimum atomic E-state index is 0.625. The first-order chi connectivity index (χ1) is 9.71. The maximum absolute atomic E-state index is 5.04. The van der Waals surface area contributed by atoms with Crippen LogP contribution in [0.1, 0.15) is 18.4 Å². The maximum atomic E-state index is 5.04. The number of ether oxygens (including phenoxy) is 1. The van der Waals surface area contributed by atoms with E-state index >= 15 is 0 Å². The van der Waals surface area contributed by atoms with Crippen molar-refractivity contribution in [1.82, 2.24) is 15.2 Å². The van der Waals surface area contributed by atoms with Crippen molar-refractivity contribution in [2.24, 2.45) is 4.99 Å². The SMILES string of the molecule is C=CCCCN(C)C(=NC)NCc1ccc(OC)nc1. The summed E-state index contributed by atoms with van der Waals surface area (Å²) >= 11 is 0. The number of unbranched alkanes of at least 4 members (excludes halogenated alkanes) is 1. The fraction of sp³-hybridized carbons (Fsp3) is 0.467. The van der Waals surface area contributed by atoms with Crippen molar-refractivity contribution in [3.05, 3.63) is 36.5 Å². The van der Waals surface area contributed by atoms with Crippen LogP contribution in [0.3, 0.4) is 0 Å². The summed E-state index contributed by atoms with van der Waals surface area (Å²) in [5.74, 6) is 1.50. The summed E-state index contributed by atoms with van der Waals surface area (Å²) < 4.78 is 5.04. The standard InChI is InChI=1S/C15H24N4O/c1-5-6-7-10-19(3)15(16-2)18-12-13-8-9-14(20-4)17-11-13/h5,8-9,11H,1,6-7,10,12H2,2-4H3,(H,16,18). The summed E-state index contributed by atoms with van der Waals surface area (Å²) in [6.07, 6.45) is 5.83. The monoisotopic (exact) mass is 276 g/mol. The zero-order valence-corrected chi connectivity index (χ0v) is 12.6. The van der Waals surface area contributed by atoms with Gasteiger partial charge in [-0.3, -0.25) is 4.99 Å². The van der Waals surface area contributed by atoms with Gasteiger partial charge in [0.15, 0.2) is 5.96 Å². The first-order valence-electron chi connectivity index (χ1n) is 6.73. The van der Waals surface area contributed by atoms with E-state index in [1.807, 2.05) is 25.3 Å². The van der Waals surface area contributed by atoms with Gasteiger partial charge >= 0.3 is 0 Å². The van der Waals surface area contributed by atoms with Gasteiger partial charge in [-0.05, 0) is 18.4 Å². The van der Waals surface area contributed by atoms with Gasteiger partial charge in [0.2, 0.25) is 5.88 Å². The number of hydrogen-bond donors (Lipinski definition) is 1. The highest BCUT2D eigenvalue weighted by atomic mass is 16.5. The molecule has 0 aliphatic heterocycles. The lowest BCUT2D eigenvalue weighted by Crippen LogP contribution is -2.38. The first-order valence-corrected chi connectivity index (χ1v) is 6.73. The highest BCUT2D eigenvalue weighted by Crippen LogP contribution is 2.06. The maximum Gasteiger partial charge on any atom is 0.212 e. The van der Waals surface area contributed by atoms with Crippen molar-refractivity contribution < 1.29 is 4.74 Å². The average Bonchev–Trinajstić information content (AvgIpc) is 2.49. The Labute approximate surface area is 121 Å². The molecule has 0 fully saturated rings. The first kappa shape index (κ1) is 16.0. The summed E-state index contributed by atoms with van der Waals surface area (Å²) in [5.41, 5.74) is 1.09. The van der Waals surface area contributed by atoms with Gasteiger partial charge in [0, 0.05) is 39.4 Å². The summed E-state index contributed by atoms with van der Waals surface area (Å²) in [4.78, 5) is 10.6. The Hall–Kier alpha value is -2.04. The molecule has 0 atom stereocenters. The second kappa shape index (κ2) is 8.96. The van der Waals surface area contributed by atoms with Crippen molar-refractivity contribution in [3.8, 4) is 5.88 Å². The molecule has 0 unspecified atom stereocenters. The van der Waals surface area contributed by atoms with Crippen molar-refractivity contribution in [3.63, 3.8) is 0 Å². The highest BCUT2D eigenvalue weighted by Gasteiger charge is 2.05. The molecule has 1 aromatic heterocycles. The van der Waals surface area contributed by atoms with Crippen LogP contribution in [0.15, 0.2) is 36.0 Å². The zero-order chi connectivity index (χ0) is 14.8. The summed E-state index contributed by atoms with van der Waals surface area (Å²) in [5, 5.41) is 3.32. The summed E-state index contributed by atoms with van der Waals surface area (Å²) in [7, 11) is 5.43. The molecule has 0 radical (unpaired) electrons. The van der Waals surface area contributed by atoms with E-state index in [2.05, 4.69) is 26.8 Å². The minimum Gasteiger partial charge on any atom is -0.481 e. The Morgan fingerprint density at radius 2 is 2.35 bits per heavy atom. The van der Waals surface area contributed by atoms with Gasteiger partial charge in [0.1, 0.15) is 0 Å². The lowest BCUT2D eigenvalue weighted by atomic mass is 10.3. The van der Waals surface area contributed by atoms with Gasteiger partial charge < -0.3 is 15.0 Å². The van der Waals surface area contributed by atoms with E-state index in [1.165, 1.54) is 0 Å². The Bertz CT molecular complexity index is 428. The Morgan fingerprint density at radius 3 is 2.90 bits per heavy atom. The normalized spacial score (nSPS) is 11.1. The fourth-order valence-corrected chi connectivity index (χ4v) is 1.78. The van der Waals surface area contributed by atoms with Crippen LogP contribution in [-0.4, -0.2) is 43.6 Å². The molecule has 0 amide bonds. The summed E-state index contributed by atoms with van der Waals surface area (Å²) in [6.45, 7) is 5.37. The lowest BCUT2D eigenvalue weighted by molar-refractivity contribution is 0.397. The van der Waals surface area contributed by atoms with Gasteiger partial charge in [-0.25, -0.2) is 4.98 Å². The molecule has 1 aromatic rings. The predicted octanol–water partition coefficient (Wildman–Crippen LogP) is 2.06. The van der Waals surface area contributed by atoms with Crippen molar-refractivity contribution >= 4 is 5.96 Å². The Balaban J connectivity index is 2.45. The number of nitrogens with one attached hydrogen (secondary N) is 1. The predicted molar refractivity (Wildman–Crippen MR) is 83.0 cm³/mol. The van der Waals surface area contributed by atoms with E-state index in [4.69, 9.17) is 4.74 Å². The van der Waals surface area contributed by atoms with Crippen LogP contribution in [-0.2, 0) is 6.54 Å². The van der Waals surface area contributed by atoms with Crippen LogP contribution >= 0.6 is 0 Å². The minimum absolute atomic E-state index is 0.625. The van der Waals surface area contributed by atoms with E-state index in [1.54, 1.807) is 20.4 Å². The molecule has 110 valence electrons. The molecule has 0 aliphatic rings. The van der Waals surface area contributed by atoms with Crippen LogP contribution in [0.2, 0.25) is 0 Å². The second-order valence-corrected chi connectivity index (χ2v) is 4.46. The van der Waals surface area contributed by atoms with Gasteiger partial charge in [-0.15, -0.1) is 6.58 Å². The largest absolute Gasteiger partial charge is 0.481 e. The zero-order valence-electron chi connectivity index (χ0n) is 12.6. The third-order valence-electron chi connectivity index (χ3n) is 2.93. The van der Waals surface area contributed by atoms with Crippen molar-refractivity contribution in [2.75, 3.05) is 27.7 Å². The number of aromatic nitrogens is 1. The van der Waals surface area contributed by atoms with Crippen LogP contribution in [0.25, 0.3) is 0 Å². The molecule has 20 heavy (non-hydrogen) atoms. The molecule has 0 spiro atoms. The molecule has 1 rings (SSSR count). The summed E-state index contributed by atoms with van der Waals surface area (Å²) in [6, 6.07) is 3.84. The van der Waals surface area contributed by atoms with E-state index in [0.29, 0.717) is 12.4 Å². The second-order valence-electron chi connectivity index (χ2n) is 4.46. The number of guanidine groups is 1. The molecule has 1 heterocycles. The number of hydrogen-bond acceptors (Lipinski definition) is 3. The third kappa shape index (κ3) is 5.30. The Kier molecular flexibility index (Phi) is 7.17. The van der Waals surface area contributed by atoms with E-state index < -0.39 is 0 Å². The number of allylic oxidation sites excluding steroid dienone is 1. The smallest absolute Gasteiger partial charge is 0.212 e. The quantitative estimate of drug-likeness (QED) is 0.358. The molecule has 5 heteroatoms.